The van der Waals surface area contributed by atoms with E-state index in [1.54, 1.807) is 12.1 Å². The lowest BCUT2D eigenvalue weighted by molar-refractivity contribution is 0.103. The Morgan fingerprint density at radius 2 is 1.81 bits per heavy atom. The second-order valence-electron chi connectivity index (χ2n) is 5.02. The summed E-state index contributed by atoms with van der Waals surface area (Å²) < 4.78 is 5.84. The van der Waals surface area contributed by atoms with Crippen molar-refractivity contribution in [1.82, 2.24) is 0 Å². The predicted molar refractivity (Wildman–Crippen MR) is 81.7 cm³/mol. The van der Waals surface area contributed by atoms with Gasteiger partial charge in [-0.25, -0.2) is 0 Å². The largest absolute Gasteiger partial charge is 0.508 e. The van der Waals surface area contributed by atoms with E-state index in [1.165, 1.54) is 12.1 Å². The summed E-state index contributed by atoms with van der Waals surface area (Å²) in [6.07, 6.45) is 1.64. The molecule has 0 aliphatic carbocycles. The zero-order chi connectivity index (χ0) is 14.8. The maximum atomic E-state index is 12.8. The minimum Gasteiger partial charge on any atom is -0.508 e. The number of phenolic OH excluding ortho intramolecular Hbond substituents is 1. The van der Waals surface area contributed by atoms with Crippen molar-refractivity contribution in [2.45, 2.75) is 19.8 Å². The van der Waals surface area contributed by atoms with Crippen molar-refractivity contribution in [3.05, 3.63) is 65.4 Å². The monoisotopic (exact) mass is 280 g/mol. The molecule has 106 valence electrons. The molecule has 0 amide bonds. The third-order valence-corrected chi connectivity index (χ3v) is 3.50. The van der Waals surface area contributed by atoms with Crippen LogP contribution in [0.1, 0.15) is 35.0 Å². The van der Waals surface area contributed by atoms with E-state index in [9.17, 15) is 9.90 Å². The fourth-order valence-electron chi connectivity index (χ4n) is 2.51. The van der Waals surface area contributed by atoms with Crippen LogP contribution in [0.5, 0.6) is 5.75 Å². The summed E-state index contributed by atoms with van der Waals surface area (Å²) in [7, 11) is 0. The second kappa shape index (κ2) is 5.44. The van der Waals surface area contributed by atoms with Gasteiger partial charge in [-0.2, -0.15) is 0 Å². The molecule has 0 fully saturated rings. The number of carbonyl (C=O) groups excluding carboxylic acids is 1. The Bertz CT molecular complexity index is 782. The molecule has 0 bridgehead atoms. The molecule has 3 aromatic rings. The van der Waals surface area contributed by atoms with Gasteiger partial charge in [0.2, 0.25) is 0 Å². The van der Waals surface area contributed by atoms with Crippen molar-refractivity contribution >= 4 is 16.8 Å². The molecule has 3 heteroatoms. The van der Waals surface area contributed by atoms with Gasteiger partial charge < -0.3 is 9.52 Å². The number of phenols is 1. The summed E-state index contributed by atoms with van der Waals surface area (Å²) in [5.74, 6) is 0.817. The van der Waals surface area contributed by atoms with Gasteiger partial charge in [0.15, 0.2) is 5.78 Å². The average molecular weight is 280 g/mol. The normalized spacial score (nSPS) is 10.9. The highest BCUT2D eigenvalue weighted by Gasteiger charge is 2.21. The maximum absolute atomic E-state index is 12.8. The zero-order valence-electron chi connectivity index (χ0n) is 11.8. The highest BCUT2D eigenvalue weighted by molar-refractivity contribution is 6.16. The van der Waals surface area contributed by atoms with Crippen LogP contribution < -0.4 is 0 Å². The van der Waals surface area contributed by atoms with Crippen molar-refractivity contribution in [2.24, 2.45) is 0 Å². The van der Waals surface area contributed by atoms with Crippen LogP contribution in [0.25, 0.3) is 11.0 Å². The summed E-state index contributed by atoms with van der Waals surface area (Å²) in [5, 5.41) is 10.2. The van der Waals surface area contributed by atoms with E-state index >= 15 is 0 Å². The summed E-state index contributed by atoms with van der Waals surface area (Å²) in [5.41, 5.74) is 1.93. The van der Waals surface area contributed by atoms with E-state index in [0.717, 1.165) is 29.6 Å². The van der Waals surface area contributed by atoms with Crippen LogP contribution in [0.2, 0.25) is 0 Å². The van der Waals surface area contributed by atoms with E-state index in [2.05, 4.69) is 6.92 Å². The molecular formula is C18H16O3. The Morgan fingerprint density at radius 3 is 2.52 bits per heavy atom. The molecule has 21 heavy (non-hydrogen) atoms. The summed E-state index contributed by atoms with van der Waals surface area (Å²) in [6.45, 7) is 2.06. The lowest BCUT2D eigenvalue weighted by atomic mass is 9.99. The Labute approximate surface area is 122 Å². The first kappa shape index (κ1) is 13.4. The third-order valence-electron chi connectivity index (χ3n) is 3.50. The molecule has 0 aliphatic heterocycles. The molecule has 0 spiro atoms. The molecule has 1 aromatic heterocycles. The van der Waals surface area contributed by atoms with Gasteiger partial charge in [0.1, 0.15) is 17.1 Å². The standard InChI is InChI=1S/C18H16O3/c1-2-5-16-17(14-6-3-4-7-15(14)21-16)18(20)12-8-10-13(19)11-9-12/h3-4,6-11,19H,2,5H2,1H3. The molecule has 0 saturated heterocycles. The van der Waals surface area contributed by atoms with Gasteiger partial charge in [-0.1, -0.05) is 25.1 Å². The molecule has 0 unspecified atom stereocenters. The number of furan rings is 1. The first-order chi connectivity index (χ1) is 10.2. The number of benzene rings is 2. The molecule has 1 N–H and O–H groups in total. The number of para-hydroxylation sites is 1. The van der Waals surface area contributed by atoms with E-state index in [-0.39, 0.29) is 11.5 Å². The first-order valence-electron chi connectivity index (χ1n) is 7.05. The van der Waals surface area contributed by atoms with E-state index < -0.39 is 0 Å². The van der Waals surface area contributed by atoms with Crippen LogP contribution in [-0.4, -0.2) is 10.9 Å². The van der Waals surface area contributed by atoms with Gasteiger partial charge in [0.05, 0.1) is 5.56 Å². The molecule has 1 heterocycles. The Kier molecular flexibility index (Phi) is 3.48. The SMILES string of the molecule is CCCc1oc2ccccc2c1C(=O)c1ccc(O)cc1. The van der Waals surface area contributed by atoms with Crippen LogP contribution in [0.15, 0.2) is 52.9 Å². The number of carbonyl (C=O) groups is 1. The Hall–Kier alpha value is -2.55. The summed E-state index contributed by atoms with van der Waals surface area (Å²) in [6, 6.07) is 13.9. The number of rotatable bonds is 4. The predicted octanol–water partition coefficient (Wildman–Crippen LogP) is 4.32. The number of fused-ring (bicyclic) bond motifs is 1. The van der Waals surface area contributed by atoms with Gasteiger partial charge in [0, 0.05) is 17.4 Å². The van der Waals surface area contributed by atoms with E-state index in [4.69, 9.17) is 4.42 Å². The lowest BCUT2D eigenvalue weighted by Crippen LogP contribution is -2.03. The van der Waals surface area contributed by atoms with Crippen molar-refractivity contribution in [3.63, 3.8) is 0 Å². The number of aryl methyl sites for hydroxylation is 1. The van der Waals surface area contributed by atoms with Crippen LogP contribution in [0, 0.1) is 0 Å². The first-order valence-corrected chi connectivity index (χ1v) is 7.05. The molecule has 0 radical (unpaired) electrons. The maximum Gasteiger partial charge on any atom is 0.197 e. The van der Waals surface area contributed by atoms with Gasteiger partial charge in [-0.05, 0) is 36.8 Å². The lowest BCUT2D eigenvalue weighted by Gasteiger charge is -2.02. The molecule has 0 aliphatic rings. The molecule has 2 aromatic carbocycles. The minimum absolute atomic E-state index is 0.0663. The molecular weight excluding hydrogens is 264 g/mol. The van der Waals surface area contributed by atoms with Crippen LogP contribution in [0.4, 0.5) is 0 Å². The molecule has 3 rings (SSSR count). The minimum atomic E-state index is -0.0663. The Balaban J connectivity index is 2.15. The van der Waals surface area contributed by atoms with Crippen molar-refractivity contribution < 1.29 is 14.3 Å². The summed E-state index contributed by atoms with van der Waals surface area (Å²) >= 11 is 0. The number of hydrogen-bond acceptors (Lipinski definition) is 3. The molecule has 0 saturated carbocycles. The quantitative estimate of drug-likeness (QED) is 0.724. The van der Waals surface area contributed by atoms with Crippen molar-refractivity contribution in [3.8, 4) is 5.75 Å². The van der Waals surface area contributed by atoms with E-state index in [1.807, 2.05) is 24.3 Å². The van der Waals surface area contributed by atoms with Crippen LogP contribution in [0.3, 0.4) is 0 Å². The fourth-order valence-corrected chi connectivity index (χ4v) is 2.51. The highest BCUT2D eigenvalue weighted by atomic mass is 16.3. The smallest absolute Gasteiger partial charge is 0.197 e. The van der Waals surface area contributed by atoms with Gasteiger partial charge in [-0.15, -0.1) is 0 Å². The fraction of sp³-hybridized carbons (Fsp3) is 0.167. The van der Waals surface area contributed by atoms with Crippen LogP contribution in [-0.2, 0) is 6.42 Å². The number of ketones is 1. The summed E-state index contributed by atoms with van der Waals surface area (Å²) in [4.78, 5) is 12.8. The third kappa shape index (κ3) is 2.42. The average Bonchev–Trinajstić information content (AvgIpc) is 2.85. The van der Waals surface area contributed by atoms with Gasteiger partial charge >= 0.3 is 0 Å². The highest BCUT2D eigenvalue weighted by Crippen LogP contribution is 2.29. The second-order valence-corrected chi connectivity index (χ2v) is 5.02. The zero-order valence-corrected chi connectivity index (χ0v) is 11.8. The van der Waals surface area contributed by atoms with Gasteiger partial charge in [0.25, 0.3) is 0 Å². The topological polar surface area (TPSA) is 50.4 Å². The van der Waals surface area contributed by atoms with E-state index in [0.29, 0.717) is 11.1 Å². The molecule has 3 nitrogen and oxygen atoms in total. The van der Waals surface area contributed by atoms with Crippen LogP contribution >= 0.6 is 0 Å². The van der Waals surface area contributed by atoms with Crippen molar-refractivity contribution in [1.29, 1.82) is 0 Å². The van der Waals surface area contributed by atoms with Gasteiger partial charge in [-0.3, -0.25) is 4.79 Å². The number of hydrogen-bond donors (Lipinski definition) is 1. The number of aromatic hydroxyl groups is 1. The Morgan fingerprint density at radius 1 is 1.10 bits per heavy atom. The molecule has 0 atom stereocenters. The van der Waals surface area contributed by atoms with Crippen molar-refractivity contribution in [2.75, 3.05) is 0 Å².